The zero-order valence-corrected chi connectivity index (χ0v) is 7.52. The standard InChI is InChI=1S/C8H8N4O2/c1-5-2-7(10-9-5)12-8(14)3-6(4-13)11-12/h2,4H,3H2,1H3,(H,9,10). The van der Waals surface area contributed by atoms with E-state index in [0.717, 1.165) is 10.7 Å². The number of aromatic nitrogens is 2. The highest BCUT2D eigenvalue weighted by Crippen LogP contribution is 2.17. The Labute approximate surface area is 79.6 Å². The number of carbonyl (C=O) groups excluding carboxylic acids is 2. The molecule has 14 heavy (non-hydrogen) atoms. The summed E-state index contributed by atoms with van der Waals surface area (Å²) in [6.07, 6.45) is 0.632. The zero-order valence-electron chi connectivity index (χ0n) is 7.52. The number of carbonyl (C=O) groups is 2. The van der Waals surface area contributed by atoms with Crippen LogP contribution >= 0.6 is 0 Å². The summed E-state index contributed by atoms with van der Waals surface area (Å²) in [4.78, 5) is 21.7. The summed E-state index contributed by atoms with van der Waals surface area (Å²) < 4.78 is 0. The zero-order chi connectivity index (χ0) is 10.1. The van der Waals surface area contributed by atoms with Crippen molar-refractivity contribution in [3.8, 4) is 0 Å². The fourth-order valence-corrected chi connectivity index (χ4v) is 1.21. The molecule has 2 rings (SSSR count). The lowest BCUT2D eigenvalue weighted by atomic mass is 10.3. The van der Waals surface area contributed by atoms with Gasteiger partial charge in [-0.1, -0.05) is 0 Å². The maximum atomic E-state index is 11.4. The Bertz CT molecular complexity index is 421. The number of hydrogen-bond donors (Lipinski definition) is 1. The van der Waals surface area contributed by atoms with Gasteiger partial charge < -0.3 is 0 Å². The lowest BCUT2D eigenvalue weighted by molar-refractivity contribution is -0.117. The van der Waals surface area contributed by atoms with Crippen molar-refractivity contribution in [3.05, 3.63) is 11.8 Å². The van der Waals surface area contributed by atoms with Gasteiger partial charge in [0, 0.05) is 11.8 Å². The largest absolute Gasteiger partial charge is 0.296 e. The van der Waals surface area contributed by atoms with E-state index in [9.17, 15) is 9.59 Å². The van der Waals surface area contributed by atoms with E-state index in [0.29, 0.717) is 12.1 Å². The van der Waals surface area contributed by atoms with Gasteiger partial charge in [-0.2, -0.15) is 15.2 Å². The average Bonchev–Trinajstić information content (AvgIpc) is 2.71. The number of aldehydes is 1. The second-order valence-electron chi connectivity index (χ2n) is 3.00. The molecule has 0 fully saturated rings. The van der Waals surface area contributed by atoms with Crippen LogP contribution < -0.4 is 5.01 Å². The first-order valence-electron chi connectivity index (χ1n) is 4.08. The van der Waals surface area contributed by atoms with E-state index in [1.165, 1.54) is 0 Å². The summed E-state index contributed by atoms with van der Waals surface area (Å²) in [5.41, 5.74) is 1.07. The Morgan fingerprint density at radius 3 is 2.93 bits per heavy atom. The Hall–Kier alpha value is -1.98. The van der Waals surface area contributed by atoms with Gasteiger partial charge in [0.2, 0.25) is 0 Å². The number of hydrogen-bond acceptors (Lipinski definition) is 4. The van der Waals surface area contributed by atoms with Gasteiger partial charge in [0.15, 0.2) is 12.1 Å². The second-order valence-corrected chi connectivity index (χ2v) is 3.00. The first-order valence-corrected chi connectivity index (χ1v) is 4.08. The molecule has 2 heterocycles. The first-order chi connectivity index (χ1) is 6.70. The van der Waals surface area contributed by atoms with Crippen LogP contribution in [0.4, 0.5) is 5.82 Å². The highest BCUT2D eigenvalue weighted by molar-refractivity contribution is 6.36. The number of aryl methyl sites for hydroxylation is 1. The van der Waals surface area contributed by atoms with Crippen LogP contribution in [0.15, 0.2) is 11.2 Å². The smallest absolute Gasteiger partial charge is 0.255 e. The Balaban J connectivity index is 2.31. The molecule has 1 aliphatic heterocycles. The molecular weight excluding hydrogens is 184 g/mol. The molecule has 1 aromatic heterocycles. The fraction of sp³-hybridized carbons (Fsp3) is 0.250. The van der Waals surface area contributed by atoms with Gasteiger partial charge in [-0.25, -0.2) is 0 Å². The second kappa shape index (κ2) is 3.06. The summed E-state index contributed by atoms with van der Waals surface area (Å²) in [6, 6.07) is 1.69. The van der Waals surface area contributed by atoms with Crippen molar-refractivity contribution in [1.82, 2.24) is 10.2 Å². The topological polar surface area (TPSA) is 78.4 Å². The first kappa shape index (κ1) is 8.61. The molecular formula is C8H8N4O2. The number of anilines is 1. The van der Waals surface area contributed by atoms with Gasteiger partial charge in [-0.3, -0.25) is 14.7 Å². The molecule has 0 saturated heterocycles. The number of rotatable bonds is 2. The van der Waals surface area contributed by atoms with Crippen LogP contribution in [-0.2, 0) is 9.59 Å². The number of H-pyrrole nitrogens is 1. The van der Waals surface area contributed by atoms with Gasteiger partial charge in [0.1, 0.15) is 5.71 Å². The molecule has 0 aliphatic carbocycles. The predicted molar refractivity (Wildman–Crippen MR) is 48.9 cm³/mol. The quantitative estimate of drug-likeness (QED) is 0.670. The van der Waals surface area contributed by atoms with Crippen molar-refractivity contribution in [2.24, 2.45) is 5.10 Å². The van der Waals surface area contributed by atoms with E-state index in [-0.39, 0.29) is 18.0 Å². The molecule has 1 amide bonds. The lowest BCUT2D eigenvalue weighted by Gasteiger charge is -2.05. The molecule has 0 bridgehead atoms. The fourth-order valence-electron chi connectivity index (χ4n) is 1.21. The van der Waals surface area contributed by atoms with Crippen LogP contribution in [0.1, 0.15) is 12.1 Å². The van der Waals surface area contributed by atoms with Crippen LogP contribution in [0.3, 0.4) is 0 Å². The Morgan fingerprint density at radius 1 is 1.64 bits per heavy atom. The summed E-state index contributed by atoms with van der Waals surface area (Å²) in [5.74, 6) is 0.183. The third kappa shape index (κ3) is 1.30. The Morgan fingerprint density at radius 2 is 2.43 bits per heavy atom. The summed E-state index contributed by atoms with van der Waals surface area (Å²) in [6.45, 7) is 1.82. The van der Waals surface area contributed by atoms with Gasteiger partial charge in [-0.05, 0) is 6.92 Å². The molecule has 0 spiro atoms. The molecule has 0 radical (unpaired) electrons. The third-order valence-corrected chi connectivity index (χ3v) is 1.84. The molecule has 1 aliphatic rings. The van der Waals surface area contributed by atoms with E-state index in [2.05, 4.69) is 15.3 Å². The van der Waals surface area contributed by atoms with Crippen molar-refractivity contribution in [3.63, 3.8) is 0 Å². The number of nitrogens with one attached hydrogen (secondary N) is 1. The van der Waals surface area contributed by atoms with Crippen LogP contribution in [0.25, 0.3) is 0 Å². The van der Waals surface area contributed by atoms with E-state index >= 15 is 0 Å². The summed E-state index contributed by atoms with van der Waals surface area (Å²) in [7, 11) is 0. The Kier molecular flexibility index (Phi) is 1.88. The number of nitrogens with zero attached hydrogens (tertiary/aromatic N) is 3. The van der Waals surface area contributed by atoms with Gasteiger partial charge >= 0.3 is 0 Å². The number of amides is 1. The van der Waals surface area contributed by atoms with Gasteiger partial charge in [0.25, 0.3) is 5.91 Å². The van der Waals surface area contributed by atoms with E-state index in [1.807, 2.05) is 6.92 Å². The molecule has 0 unspecified atom stereocenters. The van der Waals surface area contributed by atoms with Crippen LogP contribution in [-0.4, -0.2) is 28.1 Å². The number of aromatic amines is 1. The van der Waals surface area contributed by atoms with E-state index < -0.39 is 0 Å². The minimum absolute atomic E-state index is 0.0510. The van der Waals surface area contributed by atoms with Gasteiger partial charge in [0.05, 0.1) is 6.42 Å². The maximum Gasteiger partial charge on any atom is 0.255 e. The normalized spacial score (nSPS) is 15.9. The van der Waals surface area contributed by atoms with Crippen molar-refractivity contribution in [2.75, 3.05) is 5.01 Å². The average molecular weight is 192 g/mol. The molecule has 0 aromatic carbocycles. The molecule has 1 aromatic rings. The molecule has 1 N–H and O–H groups in total. The predicted octanol–water partition coefficient (Wildman–Crippen LogP) is 0.00972. The SMILES string of the molecule is Cc1cc(N2N=C(C=O)CC2=O)n[nH]1. The van der Waals surface area contributed by atoms with Crippen molar-refractivity contribution >= 4 is 23.7 Å². The third-order valence-electron chi connectivity index (χ3n) is 1.84. The highest BCUT2D eigenvalue weighted by Gasteiger charge is 2.26. The van der Waals surface area contributed by atoms with Crippen LogP contribution in [0.5, 0.6) is 0 Å². The summed E-state index contributed by atoms with van der Waals surface area (Å²) in [5, 5.41) is 11.5. The molecule has 0 saturated carbocycles. The van der Waals surface area contributed by atoms with E-state index in [1.54, 1.807) is 6.07 Å². The van der Waals surface area contributed by atoms with Crippen LogP contribution in [0, 0.1) is 6.92 Å². The van der Waals surface area contributed by atoms with Crippen molar-refractivity contribution < 1.29 is 9.59 Å². The van der Waals surface area contributed by atoms with Crippen molar-refractivity contribution in [2.45, 2.75) is 13.3 Å². The molecule has 6 nitrogen and oxygen atoms in total. The van der Waals surface area contributed by atoms with E-state index in [4.69, 9.17) is 0 Å². The van der Waals surface area contributed by atoms with Crippen molar-refractivity contribution in [1.29, 1.82) is 0 Å². The minimum Gasteiger partial charge on any atom is -0.296 e. The highest BCUT2D eigenvalue weighted by atomic mass is 16.2. The summed E-state index contributed by atoms with van der Waals surface area (Å²) >= 11 is 0. The molecule has 72 valence electrons. The lowest BCUT2D eigenvalue weighted by Crippen LogP contribution is -2.19. The molecule has 0 atom stereocenters. The maximum absolute atomic E-state index is 11.4. The van der Waals surface area contributed by atoms with Crippen LogP contribution in [0.2, 0.25) is 0 Å². The minimum atomic E-state index is -0.237. The molecule has 6 heteroatoms. The monoisotopic (exact) mass is 192 g/mol. The number of hydrazone groups is 1. The van der Waals surface area contributed by atoms with Gasteiger partial charge in [-0.15, -0.1) is 0 Å².